The van der Waals surface area contributed by atoms with Gasteiger partial charge in [0.05, 0.1) is 13.4 Å². The monoisotopic (exact) mass is 270 g/mol. The molecule has 0 radical (unpaired) electrons. The minimum Gasteiger partial charge on any atom is -0.503 e. The van der Waals surface area contributed by atoms with Crippen molar-refractivity contribution in [1.29, 1.82) is 0 Å². The fourth-order valence-electron chi connectivity index (χ4n) is 1.25. The Hall–Kier alpha value is -1.29. The van der Waals surface area contributed by atoms with Gasteiger partial charge in [-0.3, -0.25) is 0 Å². The first kappa shape index (κ1) is 11.8. The smallest absolute Gasteiger partial charge is 0.339 e. The van der Waals surface area contributed by atoms with Gasteiger partial charge in [-0.15, -0.1) is 0 Å². The van der Waals surface area contributed by atoms with E-state index in [1.54, 1.807) is 12.1 Å². The van der Waals surface area contributed by atoms with Crippen molar-refractivity contribution >= 4 is 27.5 Å². The number of ether oxygens (including phenoxy) is 1. The van der Waals surface area contributed by atoms with Crippen LogP contribution in [0.2, 0.25) is 0 Å². The lowest BCUT2D eigenvalue weighted by Crippen LogP contribution is -2.02. The van der Waals surface area contributed by atoms with Gasteiger partial charge in [-0.25, -0.2) is 4.79 Å². The van der Waals surface area contributed by atoms with Gasteiger partial charge in [0.2, 0.25) is 0 Å². The minimum absolute atomic E-state index is 0.160. The zero-order valence-electron chi connectivity index (χ0n) is 8.24. The summed E-state index contributed by atoms with van der Waals surface area (Å²) in [5, 5.41) is 9.62. The summed E-state index contributed by atoms with van der Waals surface area (Å²) >= 11 is 3.32. The molecule has 1 aromatic rings. The van der Waals surface area contributed by atoms with Gasteiger partial charge in [-0.2, -0.15) is 0 Å². The number of carbonyl (C=O) groups is 1. The normalized spacial score (nSPS) is 11.2. The zero-order chi connectivity index (χ0) is 11.3. The van der Waals surface area contributed by atoms with E-state index in [2.05, 4.69) is 15.9 Å². The Morgan fingerprint density at radius 2 is 2.20 bits per heavy atom. The third-order valence-corrected chi connectivity index (χ3v) is 2.52. The van der Waals surface area contributed by atoms with Crippen molar-refractivity contribution in [2.24, 2.45) is 0 Å². The molecule has 80 valence electrons. The number of methoxy groups -OCH3 is 1. The van der Waals surface area contributed by atoms with Crippen molar-refractivity contribution in [1.82, 2.24) is 0 Å². The van der Waals surface area contributed by atoms with Gasteiger partial charge >= 0.3 is 5.97 Å². The number of aliphatic carboxylic acids is 1. The summed E-state index contributed by atoms with van der Waals surface area (Å²) in [5.41, 5.74) is 1.75. The van der Waals surface area contributed by atoms with Crippen LogP contribution in [-0.2, 0) is 14.9 Å². The molecule has 0 heterocycles. The molecule has 15 heavy (non-hydrogen) atoms. The molecule has 0 atom stereocenters. The topological polar surface area (TPSA) is 46.5 Å². The van der Waals surface area contributed by atoms with Crippen molar-refractivity contribution < 1.29 is 14.6 Å². The first-order valence-electron chi connectivity index (χ1n) is 4.31. The highest BCUT2D eigenvalue weighted by molar-refractivity contribution is 9.08. The van der Waals surface area contributed by atoms with Gasteiger partial charge in [0.15, 0.2) is 0 Å². The second kappa shape index (κ2) is 5.56. The zero-order valence-corrected chi connectivity index (χ0v) is 9.82. The van der Waals surface area contributed by atoms with Gasteiger partial charge in [-0.05, 0) is 11.1 Å². The summed E-state index contributed by atoms with van der Waals surface area (Å²) in [6.45, 7) is 0. The van der Waals surface area contributed by atoms with Crippen LogP contribution in [0.3, 0.4) is 0 Å². The molecule has 0 aliphatic carbocycles. The number of carboxylic acid groups (broad SMARTS) is 1. The quantitative estimate of drug-likeness (QED) is 0.520. The molecule has 3 nitrogen and oxygen atoms in total. The van der Waals surface area contributed by atoms with E-state index in [1.165, 1.54) is 13.4 Å². The van der Waals surface area contributed by atoms with Gasteiger partial charge in [-0.1, -0.05) is 40.2 Å². The maximum Gasteiger partial charge on any atom is 0.339 e. The number of alkyl halides is 1. The summed E-state index contributed by atoms with van der Waals surface area (Å²) in [6, 6.07) is 7.30. The summed E-state index contributed by atoms with van der Waals surface area (Å²) < 4.78 is 4.76. The van der Waals surface area contributed by atoms with Crippen molar-refractivity contribution in [2.45, 2.75) is 5.33 Å². The van der Waals surface area contributed by atoms with Crippen LogP contribution in [0.1, 0.15) is 11.1 Å². The first-order chi connectivity index (χ1) is 7.20. The number of carboxylic acids is 1. The summed E-state index contributed by atoms with van der Waals surface area (Å²) in [4.78, 5) is 11.0. The van der Waals surface area contributed by atoms with E-state index in [1.807, 2.05) is 12.1 Å². The van der Waals surface area contributed by atoms with Crippen LogP contribution in [0.4, 0.5) is 0 Å². The van der Waals surface area contributed by atoms with E-state index < -0.39 is 5.97 Å². The predicted octanol–water partition coefficient (Wildman–Crippen LogP) is 2.65. The van der Waals surface area contributed by atoms with Gasteiger partial charge in [0, 0.05) is 5.33 Å². The SMILES string of the molecule is COC=C(C(=O)O)c1ccccc1CBr. The van der Waals surface area contributed by atoms with Gasteiger partial charge < -0.3 is 9.84 Å². The van der Waals surface area contributed by atoms with E-state index in [9.17, 15) is 4.79 Å². The van der Waals surface area contributed by atoms with E-state index in [-0.39, 0.29) is 5.57 Å². The molecular weight excluding hydrogens is 260 g/mol. The van der Waals surface area contributed by atoms with E-state index >= 15 is 0 Å². The molecule has 0 amide bonds. The summed E-state index contributed by atoms with van der Waals surface area (Å²) in [6.07, 6.45) is 1.24. The molecule has 0 saturated heterocycles. The molecule has 0 bridgehead atoms. The maximum atomic E-state index is 11.0. The van der Waals surface area contributed by atoms with Gasteiger partial charge in [0.1, 0.15) is 5.57 Å². The lowest BCUT2D eigenvalue weighted by Gasteiger charge is -2.07. The van der Waals surface area contributed by atoms with Crippen molar-refractivity contribution in [3.8, 4) is 0 Å². The molecule has 0 unspecified atom stereocenters. The molecule has 0 saturated carbocycles. The number of rotatable bonds is 4. The predicted molar refractivity (Wildman–Crippen MR) is 61.7 cm³/mol. The molecular formula is C11H11BrO3. The van der Waals surface area contributed by atoms with E-state index in [0.717, 1.165) is 5.56 Å². The summed E-state index contributed by atoms with van der Waals surface area (Å²) in [5.74, 6) is -0.995. The van der Waals surface area contributed by atoms with Crippen LogP contribution in [0.15, 0.2) is 30.5 Å². The summed E-state index contributed by atoms with van der Waals surface area (Å²) in [7, 11) is 1.43. The average molecular weight is 271 g/mol. The Morgan fingerprint density at radius 1 is 1.53 bits per heavy atom. The molecule has 0 spiro atoms. The Labute approximate surface area is 96.5 Å². The molecule has 1 rings (SSSR count). The highest BCUT2D eigenvalue weighted by atomic mass is 79.9. The minimum atomic E-state index is -0.995. The Balaban J connectivity index is 3.22. The van der Waals surface area contributed by atoms with Gasteiger partial charge in [0.25, 0.3) is 0 Å². The van der Waals surface area contributed by atoms with E-state index in [0.29, 0.717) is 10.9 Å². The molecule has 0 aliphatic heterocycles. The average Bonchev–Trinajstić information content (AvgIpc) is 2.25. The number of hydrogen-bond acceptors (Lipinski definition) is 2. The maximum absolute atomic E-state index is 11.0. The van der Waals surface area contributed by atoms with Crippen molar-refractivity contribution in [3.63, 3.8) is 0 Å². The highest BCUT2D eigenvalue weighted by Crippen LogP contribution is 2.21. The van der Waals surface area contributed by atoms with Crippen LogP contribution in [-0.4, -0.2) is 18.2 Å². The van der Waals surface area contributed by atoms with Crippen LogP contribution in [0, 0.1) is 0 Å². The fourth-order valence-corrected chi connectivity index (χ4v) is 1.74. The van der Waals surface area contributed by atoms with Crippen LogP contribution >= 0.6 is 15.9 Å². The van der Waals surface area contributed by atoms with Crippen LogP contribution in [0.25, 0.3) is 5.57 Å². The number of halogens is 1. The largest absolute Gasteiger partial charge is 0.503 e. The van der Waals surface area contributed by atoms with Crippen molar-refractivity contribution in [2.75, 3.05) is 7.11 Å². The number of hydrogen-bond donors (Lipinski definition) is 1. The Morgan fingerprint density at radius 3 is 2.73 bits per heavy atom. The second-order valence-corrected chi connectivity index (χ2v) is 3.42. The van der Waals surface area contributed by atoms with Crippen molar-refractivity contribution in [3.05, 3.63) is 41.7 Å². The highest BCUT2D eigenvalue weighted by Gasteiger charge is 2.13. The lowest BCUT2D eigenvalue weighted by atomic mass is 10.0. The second-order valence-electron chi connectivity index (χ2n) is 2.86. The third-order valence-electron chi connectivity index (χ3n) is 1.92. The molecule has 1 aromatic carbocycles. The van der Waals surface area contributed by atoms with E-state index in [4.69, 9.17) is 9.84 Å². The molecule has 1 N–H and O–H groups in total. The van der Waals surface area contributed by atoms with Crippen LogP contribution < -0.4 is 0 Å². The number of benzene rings is 1. The van der Waals surface area contributed by atoms with Crippen LogP contribution in [0.5, 0.6) is 0 Å². The third kappa shape index (κ3) is 2.83. The standard InChI is InChI=1S/C11H11BrO3/c1-15-7-10(11(13)14)9-5-3-2-4-8(9)6-12/h2-5,7H,6H2,1H3,(H,13,14). The molecule has 0 aliphatic rings. The fraction of sp³-hybridized carbons (Fsp3) is 0.182. The first-order valence-corrected chi connectivity index (χ1v) is 5.43. The molecule has 4 heteroatoms. The lowest BCUT2D eigenvalue weighted by molar-refractivity contribution is -0.130. The Bertz CT molecular complexity index is 385. The Kier molecular flexibility index (Phi) is 4.37. The molecule has 0 fully saturated rings. The molecule has 0 aromatic heterocycles.